The van der Waals surface area contributed by atoms with Gasteiger partial charge in [0.05, 0.1) is 18.1 Å². The van der Waals surface area contributed by atoms with Crippen molar-refractivity contribution in [1.82, 2.24) is 5.16 Å². The average molecular weight is 325 g/mol. The SMILES string of the molecule is COc1cc(-c2no[n+]([O-])c2C)c([N+](=O)[O-])cc1OCC(=O)O. The predicted molar refractivity (Wildman–Crippen MR) is 72.0 cm³/mol. The number of nitro benzene ring substituents is 1. The second kappa shape index (κ2) is 6.17. The van der Waals surface area contributed by atoms with Gasteiger partial charge in [-0.1, -0.05) is 0 Å². The van der Waals surface area contributed by atoms with Crippen molar-refractivity contribution in [1.29, 1.82) is 0 Å². The first-order chi connectivity index (χ1) is 10.8. The average Bonchev–Trinajstić information content (AvgIpc) is 2.83. The van der Waals surface area contributed by atoms with Crippen LogP contribution in [0.5, 0.6) is 11.5 Å². The van der Waals surface area contributed by atoms with E-state index in [-0.39, 0.29) is 33.4 Å². The fourth-order valence-corrected chi connectivity index (χ4v) is 1.84. The van der Waals surface area contributed by atoms with Gasteiger partial charge < -0.3 is 19.8 Å². The van der Waals surface area contributed by atoms with Crippen molar-refractivity contribution in [2.45, 2.75) is 6.92 Å². The highest BCUT2D eigenvalue weighted by Crippen LogP contribution is 2.39. The molecule has 1 heterocycles. The maximum atomic E-state index is 11.3. The molecule has 0 aliphatic carbocycles. The maximum Gasteiger partial charge on any atom is 0.341 e. The summed E-state index contributed by atoms with van der Waals surface area (Å²) in [7, 11) is 1.28. The quantitative estimate of drug-likeness (QED) is 0.458. The molecule has 0 amide bonds. The van der Waals surface area contributed by atoms with Gasteiger partial charge in [-0.2, -0.15) is 0 Å². The fraction of sp³-hybridized carbons (Fsp3) is 0.250. The molecule has 23 heavy (non-hydrogen) atoms. The summed E-state index contributed by atoms with van der Waals surface area (Å²) in [5.41, 5.74) is -0.474. The molecule has 2 rings (SSSR count). The van der Waals surface area contributed by atoms with E-state index in [1.54, 1.807) is 0 Å². The Kier molecular flexibility index (Phi) is 4.30. The summed E-state index contributed by atoms with van der Waals surface area (Å²) in [4.78, 5) is 21.2. The van der Waals surface area contributed by atoms with Gasteiger partial charge in [0.1, 0.15) is 5.56 Å². The number of ether oxygens (including phenoxy) is 2. The third kappa shape index (κ3) is 3.12. The van der Waals surface area contributed by atoms with Crippen LogP contribution >= 0.6 is 0 Å². The summed E-state index contributed by atoms with van der Waals surface area (Å²) in [5, 5.41) is 34.7. The Balaban J connectivity index is 2.60. The molecule has 122 valence electrons. The van der Waals surface area contributed by atoms with Crippen molar-refractivity contribution in [3.63, 3.8) is 0 Å². The number of methoxy groups -OCH3 is 1. The van der Waals surface area contributed by atoms with Crippen LogP contribution in [0.25, 0.3) is 11.3 Å². The number of nitro groups is 1. The van der Waals surface area contributed by atoms with Crippen molar-refractivity contribution < 1.29 is 33.8 Å². The fourth-order valence-electron chi connectivity index (χ4n) is 1.84. The van der Waals surface area contributed by atoms with Crippen molar-refractivity contribution in [3.05, 3.63) is 33.1 Å². The highest BCUT2D eigenvalue weighted by atomic mass is 16.8. The molecule has 0 spiro atoms. The summed E-state index contributed by atoms with van der Waals surface area (Å²) in [6.07, 6.45) is 0. The number of carbonyl (C=O) groups is 1. The van der Waals surface area contributed by atoms with Crippen LogP contribution in [-0.2, 0) is 4.79 Å². The van der Waals surface area contributed by atoms with E-state index in [1.807, 2.05) is 0 Å². The number of nitrogens with zero attached hydrogens (tertiary/aromatic N) is 3. The van der Waals surface area contributed by atoms with E-state index in [2.05, 4.69) is 9.79 Å². The molecular formula is C12H11N3O8. The van der Waals surface area contributed by atoms with E-state index in [9.17, 15) is 20.1 Å². The Morgan fingerprint density at radius 3 is 2.65 bits per heavy atom. The number of hydrogen-bond acceptors (Lipinski definition) is 8. The second-order valence-electron chi connectivity index (χ2n) is 4.32. The molecule has 0 saturated carbocycles. The lowest BCUT2D eigenvalue weighted by Gasteiger charge is -2.10. The first-order valence-corrected chi connectivity index (χ1v) is 6.12. The predicted octanol–water partition coefficient (Wildman–Crippen LogP) is 0.664. The van der Waals surface area contributed by atoms with Gasteiger partial charge in [0.15, 0.2) is 18.1 Å². The smallest absolute Gasteiger partial charge is 0.341 e. The van der Waals surface area contributed by atoms with Crippen molar-refractivity contribution >= 4 is 11.7 Å². The minimum atomic E-state index is -1.25. The number of carboxylic acid groups (broad SMARTS) is 1. The normalized spacial score (nSPS) is 10.3. The molecule has 0 radical (unpaired) electrons. The van der Waals surface area contributed by atoms with E-state index in [0.29, 0.717) is 0 Å². The standard InChI is InChI=1S/C12H11N3O8/c1-6-12(13-23-15(6)20)7-3-9(21-2)10(22-5-11(16)17)4-8(7)14(18)19/h3-4H,5H2,1-2H3,(H,16,17). The van der Waals surface area contributed by atoms with Crippen LogP contribution in [0.4, 0.5) is 5.69 Å². The Bertz CT molecular complexity index is 770. The molecule has 0 atom stereocenters. The molecule has 0 aliphatic rings. The number of carboxylic acids is 1. The molecule has 0 saturated heterocycles. The van der Waals surface area contributed by atoms with Crippen LogP contribution in [-0.4, -0.2) is 34.9 Å². The van der Waals surface area contributed by atoms with Gasteiger partial charge in [-0.25, -0.2) is 4.79 Å². The van der Waals surface area contributed by atoms with E-state index in [0.717, 1.165) is 6.07 Å². The van der Waals surface area contributed by atoms with Gasteiger partial charge in [0.2, 0.25) is 5.69 Å². The van der Waals surface area contributed by atoms with Crippen LogP contribution < -0.4 is 14.4 Å². The van der Waals surface area contributed by atoms with Crippen LogP contribution in [0.1, 0.15) is 5.69 Å². The van der Waals surface area contributed by atoms with E-state index >= 15 is 0 Å². The summed E-state index contributed by atoms with van der Waals surface area (Å²) in [6, 6.07) is 2.22. The zero-order chi connectivity index (χ0) is 17.1. The van der Waals surface area contributed by atoms with Crippen LogP contribution in [0.15, 0.2) is 16.8 Å². The van der Waals surface area contributed by atoms with Crippen molar-refractivity contribution in [2.75, 3.05) is 13.7 Å². The number of hydrogen-bond donors (Lipinski definition) is 1. The Hall–Kier alpha value is -3.37. The Labute approximate surface area is 128 Å². The monoisotopic (exact) mass is 325 g/mol. The molecule has 1 aromatic heterocycles. The third-order valence-electron chi connectivity index (χ3n) is 2.91. The van der Waals surface area contributed by atoms with Crippen LogP contribution in [0.3, 0.4) is 0 Å². The maximum absolute atomic E-state index is 11.3. The summed E-state index contributed by atoms with van der Waals surface area (Å²) >= 11 is 0. The zero-order valence-corrected chi connectivity index (χ0v) is 12.0. The number of rotatable bonds is 6. The molecule has 0 fully saturated rings. The molecule has 0 bridgehead atoms. The summed E-state index contributed by atoms with van der Waals surface area (Å²) < 4.78 is 14.4. The minimum absolute atomic E-state index is 0.0226. The largest absolute Gasteiger partial charge is 0.493 e. The van der Waals surface area contributed by atoms with Crippen molar-refractivity contribution in [3.8, 4) is 22.8 Å². The van der Waals surface area contributed by atoms with Crippen LogP contribution in [0.2, 0.25) is 0 Å². The zero-order valence-electron chi connectivity index (χ0n) is 12.0. The highest BCUT2D eigenvalue weighted by molar-refractivity contribution is 5.76. The van der Waals surface area contributed by atoms with Gasteiger partial charge in [-0.3, -0.25) is 14.7 Å². The van der Waals surface area contributed by atoms with Gasteiger partial charge >= 0.3 is 5.97 Å². The molecule has 11 heteroatoms. The molecule has 11 nitrogen and oxygen atoms in total. The van der Waals surface area contributed by atoms with Crippen molar-refractivity contribution in [2.24, 2.45) is 0 Å². The van der Waals surface area contributed by atoms with E-state index in [4.69, 9.17) is 14.6 Å². The molecule has 0 aliphatic heterocycles. The molecule has 1 N–H and O–H groups in total. The minimum Gasteiger partial charge on any atom is -0.493 e. The molecule has 1 aromatic carbocycles. The highest BCUT2D eigenvalue weighted by Gasteiger charge is 2.28. The third-order valence-corrected chi connectivity index (χ3v) is 2.91. The molecular weight excluding hydrogens is 314 g/mol. The second-order valence-corrected chi connectivity index (χ2v) is 4.32. The number of aromatic nitrogens is 2. The molecule has 0 unspecified atom stereocenters. The van der Waals surface area contributed by atoms with E-state index in [1.165, 1.54) is 20.1 Å². The van der Waals surface area contributed by atoms with Gasteiger partial charge in [-0.05, 0) is 4.90 Å². The first-order valence-electron chi connectivity index (χ1n) is 6.12. The first kappa shape index (κ1) is 16.0. The van der Waals surface area contributed by atoms with Gasteiger partial charge in [0.25, 0.3) is 11.4 Å². The van der Waals surface area contributed by atoms with Gasteiger partial charge in [0, 0.05) is 18.1 Å². The van der Waals surface area contributed by atoms with Gasteiger partial charge in [-0.15, -0.1) is 0 Å². The lowest BCUT2D eigenvalue weighted by molar-refractivity contribution is -0.806. The molecule has 2 aromatic rings. The summed E-state index contributed by atoms with van der Waals surface area (Å²) in [5.74, 6) is -1.33. The van der Waals surface area contributed by atoms with Crippen LogP contribution in [0, 0.1) is 22.2 Å². The lowest BCUT2D eigenvalue weighted by Crippen LogP contribution is -2.25. The summed E-state index contributed by atoms with van der Waals surface area (Å²) in [6.45, 7) is 0.681. The number of benzene rings is 1. The Morgan fingerprint density at radius 2 is 2.17 bits per heavy atom. The topological polar surface area (TPSA) is 152 Å². The lowest BCUT2D eigenvalue weighted by atomic mass is 10.1. The van der Waals surface area contributed by atoms with E-state index < -0.39 is 23.2 Å². The Morgan fingerprint density at radius 1 is 1.48 bits per heavy atom. The number of aliphatic carboxylic acids is 1.